The molecule has 1 aromatic heterocycles. The first-order valence-corrected chi connectivity index (χ1v) is 7.98. The summed E-state index contributed by atoms with van der Waals surface area (Å²) in [5.41, 5.74) is 9.01. The van der Waals surface area contributed by atoms with Gasteiger partial charge in [0.25, 0.3) is 0 Å². The Morgan fingerprint density at radius 3 is 2.48 bits per heavy atom. The Morgan fingerprint density at radius 2 is 1.86 bits per heavy atom. The third kappa shape index (κ3) is 3.29. The van der Waals surface area contributed by atoms with Gasteiger partial charge in [0.2, 0.25) is 0 Å². The summed E-state index contributed by atoms with van der Waals surface area (Å²) in [7, 11) is 0. The molecule has 0 fully saturated rings. The van der Waals surface area contributed by atoms with Gasteiger partial charge in [-0.25, -0.2) is 0 Å². The molecule has 0 amide bonds. The zero-order chi connectivity index (χ0) is 15.4. The molecule has 2 aromatic rings. The molecule has 0 aliphatic heterocycles. The summed E-state index contributed by atoms with van der Waals surface area (Å²) < 4.78 is 0. The van der Waals surface area contributed by atoms with Crippen molar-refractivity contribution in [1.29, 1.82) is 0 Å². The van der Waals surface area contributed by atoms with Crippen LogP contribution in [0.5, 0.6) is 0 Å². The summed E-state index contributed by atoms with van der Waals surface area (Å²) in [6, 6.07) is 8.81. The molecule has 0 spiro atoms. The van der Waals surface area contributed by atoms with Crippen molar-refractivity contribution in [3.05, 3.63) is 30.5 Å². The minimum Gasteiger partial charge on any atom is -0.397 e. The van der Waals surface area contributed by atoms with E-state index < -0.39 is 0 Å². The summed E-state index contributed by atoms with van der Waals surface area (Å²) in [6.07, 6.45) is 4.11. The number of hydrogen-bond acceptors (Lipinski definition) is 3. The number of hydrogen-bond donors (Lipinski definition) is 1. The molecule has 0 atom stereocenters. The maximum absolute atomic E-state index is 6.09. The summed E-state index contributed by atoms with van der Waals surface area (Å²) in [5, 5.41) is 1.16. The lowest BCUT2D eigenvalue weighted by atomic mass is 10.0. The zero-order valence-electron chi connectivity index (χ0n) is 13.6. The van der Waals surface area contributed by atoms with Gasteiger partial charge in [0.05, 0.1) is 11.2 Å². The van der Waals surface area contributed by atoms with E-state index in [9.17, 15) is 0 Å². The SMILES string of the molecule is CCC(CC)N(CC(C)C)c1ccc(N)c2ncccc12. The molecule has 3 heteroatoms. The van der Waals surface area contributed by atoms with Gasteiger partial charge in [0.1, 0.15) is 0 Å². The van der Waals surface area contributed by atoms with Crippen molar-refractivity contribution >= 4 is 22.3 Å². The van der Waals surface area contributed by atoms with Gasteiger partial charge in [-0.05, 0) is 43.0 Å². The van der Waals surface area contributed by atoms with Gasteiger partial charge in [-0.2, -0.15) is 0 Å². The highest BCUT2D eigenvalue weighted by Crippen LogP contribution is 2.32. The fourth-order valence-electron chi connectivity index (χ4n) is 3.00. The minimum atomic E-state index is 0.555. The fraction of sp³-hybridized carbons (Fsp3) is 0.500. The Kier molecular flexibility index (Phi) is 5.05. The van der Waals surface area contributed by atoms with E-state index in [1.165, 1.54) is 5.69 Å². The van der Waals surface area contributed by atoms with E-state index in [0.29, 0.717) is 12.0 Å². The van der Waals surface area contributed by atoms with E-state index >= 15 is 0 Å². The molecule has 0 aliphatic rings. The largest absolute Gasteiger partial charge is 0.397 e. The van der Waals surface area contributed by atoms with E-state index in [4.69, 9.17) is 5.73 Å². The van der Waals surface area contributed by atoms with Gasteiger partial charge in [-0.15, -0.1) is 0 Å². The Bertz CT molecular complexity index is 588. The van der Waals surface area contributed by atoms with Crippen molar-refractivity contribution in [2.45, 2.75) is 46.6 Å². The van der Waals surface area contributed by atoms with Crippen LogP contribution in [0.3, 0.4) is 0 Å². The molecule has 0 aliphatic carbocycles. The van der Waals surface area contributed by atoms with Crippen LogP contribution < -0.4 is 10.6 Å². The maximum Gasteiger partial charge on any atom is 0.0951 e. The highest BCUT2D eigenvalue weighted by atomic mass is 15.2. The Labute approximate surface area is 128 Å². The molecule has 0 radical (unpaired) electrons. The lowest BCUT2D eigenvalue weighted by molar-refractivity contribution is 0.509. The molecular formula is C18H27N3. The molecule has 2 rings (SSSR count). The maximum atomic E-state index is 6.09. The Morgan fingerprint density at radius 1 is 1.14 bits per heavy atom. The third-order valence-electron chi connectivity index (χ3n) is 4.03. The molecule has 1 aromatic carbocycles. The number of nitrogens with zero attached hydrogens (tertiary/aromatic N) is 2. The smallest absolute Gasteiger partial charge is 0.0951 e. The quantitative estimate of drug-likeness (QED) is 0.796. The molecule has 1 heterocycles. The first-order valence-electron chi connectivity index (χ1n) is 7.98. The van der Waals surface area contributed by atoms with E-state index in [0.717, 1.165) is 36.0 Å². The van der Waals surface area contributed by atoms with Crippen LogP contribution >= 0.6 is 0 Å². The molecule has 0 unspecified atom stereocenters. The van der Waals surface area contributed by atoms with Crippen molar-refractivity contribution in [2.75, 3.05) is 17.2 Å². The number of anilines is 2. The summed E-state index contributed by atoms with van der Waals surface area (Å²) in [5.74, 6) is 0.620. The molecule has 114 valence electrons. The summed E-state index contributed by atoms with van der Waals surface area (Å²) in [4.78, 5) is 7.00. The number of nitrogen functional groups attached to an aromatic ring is 1. The number of benzene rings is 1. The van der Waals surface area contributed by atoms with Gasteiger partial charge in [-0.3, -0.25) is 4.98 Å². The predicted octanol–water partition coefficient (Wildman–Crippen LogP) is 4.47. The first-order chi connectivity index (χ1) is 10.1. The number of rotatable bonds is 6. The molecular weight excluding hydrogens is 258 g/mol. The second-order valence-corrected chi connectivity index (χ2v) is 6.09. The number of fused-ring (bicyclic) bond motifs is 1. The third-order valence-corrected chi connectivity index (χ3v) is 4.03. The predicted molar refractivity (Wildman–Crippen MR) is 92.7 cm³/mol. The number of aromatic nitrogens is 1. The Hall–Kier alpha value is -1.77. The van der Waals surface area contributed by atoms with Crippen molar-refractivity contribution in [3.8, 4) is 0 Å². The second-order valence-electron chi connectivity index (χ2n) is 6.09. The molecule has 3 nitrogen and oxygen atoms in total. The summed E-state index contributed by atoms with van der Waals surface area (Å²) in [6.45, 7) is 10.1. The monoisotopic (exact) mass is 285 g/mol. The standard InChI is InChI=1S/C18H27N3/c1-5-14(6-2)21(12-13(3)4)17-10-9-16(19)18-15(17)8-7-11-20-18/h7-11,13-14H,5-6,12,19H2,1-4H3. The highest BCUT2D eigenvalue weighted by Gasteiger charge is 2.19. The Balaban J connectivity index is 2.56. The van der Waals surface area contributed by atoms with Crippen LogP contribution in [0.15, 0.2) is 30.5 Å². The number of nitrogens with two attached hydrogens (primary N) is 1. The van der Waals surface area contributed by atoms with Crippen molar-refractivity contribution in [3.63, 3.8) is 0 Å². The molecule has 0 bridgehead atoms. The normalized spacial score (nSPS) is 11.5. The van der Waals surface area contributed by atoms with Gasteiger partial charge in [0.15, 0.2) is 0 Å². The van der Waals surface area contributed by atoms with Crippen LogP contribution in [0, 0.1) is 5.92 Å². The average Bonchev–Trinajstić information content (AvgIpc) is 2.48. The second kappa shape index (κ2) is 6.79. The van der Waals surface area contributed by atoms with Crippen LogP contribution in [-0.4, -0.2) is 17.6 Å². The van der Waals surface area contributed by atoms with Crippen molar-refractivity contribution < 1.29 is 0 Å². The highest BCUT2D eigenvalue weighted by molar-refractivity contribution is 5.98. The lowest BCUT2D eigenvalue weighted by Gasteiger charge is -2.35. The van der Waals surface area contributed by atoms with E-state index in [1.54, 1.807) is 0 Å². The van der Waals surface area contributed by atoms with Crippen molar-refractivity contribution in [2.24, 2.45) is 5.92 Å². The van der Waals surface area contributed by atoms with Gasteiger partial charge in [-0.1, -0.05) is 27.7 Å². The topological polar surface area (TPSA) is 42.1 Å². The van der Waals surface area contributed by atoms with Gasteiger partial charge < -0.3 is 10.6 Å². The first kappa shape index (κ1) is 15.6. The van der Waals surface area contributed by atoms with Crippen LogP contribution in [0.4, 0.5) is 11.4 Å². The molecule has 2 N–H and O–H groups in total. The molecule has 0 saturated carbocycles. The van der Waals surface area contributed by atoms with Gasteiger partial charge >= 0.3 is 0 Å². The van der Waals surface area contributed by atoms with Crippen molar-refractivity contribution in [1.82, 2.24) is 4.98 Å². The van der Waals surface area contributed by atoms with Crippen LogP contribution in [0.1, 0.15) is 40.5 Å². The number of pyridine rings is 1. The van der Waals surface area contributed by atoms with E-state index in [2.05, 4.69) is 49.7 Å². The van der Waals surface area contributed by atoms with Crippen LogP contribution in [-0.2, 0) is 0 Å². The lowest BCUT2D eigenvalue weighted by Crippen LogP contribution is -2.37. The molecule has 21 heavy (non-hydrogen) atoms. The van der Waals surface area contributed by atoms with Crippen LogP contribution in [0.2, 0.25) is 0 Å². The average molecular weight is 285 g/mol. The zero-order valence-corrected chi connectivity index (χ0v) is 13.6. The summed E-state index contributed by atoms with van der Waals surface area (Å²) >= 11 is 0. The van der Waals surface area contributed by atoms with E-state index in [1.807, 2.05) is 18.3 Å². The van der Waals surface area contributed by atoms with Gasteiger partial charge in [0, 0.05) is 29.9 Å². The van der Waals surface area contributed by atoms with E-state index in [-0.39, 0.29) is 0 Å². The minimum absolute atomic E-state index is 0.555. The van der Waals surface area contributed by atoms with Crippen LogP contribution in [0.25, 0.3) is 10.9 Å². The fourth-order valence-corrected chi connectivity index (χ4v) is 3.00. The molecule has 0 saturated heterocycles.